The number of likely N-dealkylation sites (tertiary alicyclic amines) is 1. The molecule has 1 N–H and O–H groups in total. The largest absolute Gasteiger partial charge is 0.341 e. The molecule has 0 aliphatic carbocycles. The lowest BCUT2D eigenvalue weighted by Gasteiger charge is -2.32. The lowest BCUT2D eigenvalue weighted by Crippen LogP contribution is -2.49. The monoisotopic (exact) mass is 361 g/mol. The molecule has 8 heteroatoms. The molecule has 2 saturated heterocycles. The highest BCUT2D eigenvalue weighted by Crippen LogP contribution is 2.22. The lowest BCUT2D eigenvalue weighted by atomic mass is 10.2. The van der Waals surface area contributed by atoms with E-state index in [1.165, 1.54) is 0 Å². The minimum atomic E-state index is 0.188. The van der Waals surface area contributed by atoms with Gasteiger partial charge in [-0.25, -0.2) is 0 Å². The molecule has 25 heavy (non-hydrogen) atoms. The number of nitrogens with one attached hydrogen (secondary N) is 1. The third kappa shape index (κ3) is 3.91. The molecule has 2 aromatic rings. The van der Waals surface area contributed by atoms with Gasteiger partial charge in [0.05, 0.1) is 4.88 Å². The van der Waals surface area contributed by atoms with Gasteiger partial charge >= 0.3 is 0 Å². The molecule has 0 spiro atoms. The molecule has 2 aliphatic heterocycles. The minimum Gasteiger partial charge on any atom is -0.341 e. The Labute approximate surface area is 151 Å². The number of aryl methyl sites for hydroxylation is 1. The van der Waals surface area contributed by atoms with Gasteiger partial charge in [0.15, 0.2) is 0 Å². The Balaban J connectivity index is 1.26. The van der Waals surface area contributed by atoms with Crippen LogP contribution in [0.4, 0.5) is 0 Å². The van der Waals surface area contributed by atoms with Crippen molar-refractivity contribution in [3.05, 3.63) is 23.4 Å². The predicted octanol–water partition coefficient (Wildman–Crippen LogP) is 1.24. The van der Waals surface area contributed by atoms with Crippen molar-refractivity contribution in [3.8, 4) is 10.7 Å². The number of piperazine rings is 1. The van der Waals surface area contributed by atoms with Crippen LogP contribution in [0.1, 0.15) is 18.7 Å². The third-order valence-electron chi connectivity index (χ3n) is 4.95. The average Bonchev–Trinajstić information content (AvgIpc) is 3.41. The second-order valence-electron chi connectivity index (χ2n) is 6.56. The summed E-state index contributed by atoms with van der Waals surface area (Å²) in [7, 11) is 0. The fraction of sp³-hybridized carbons (Fsp3) is 0.588. The van der Waals surface area contributed by atoms with Crippen LogP contribution in [-0.2, 0) is 11.2 Å². The van der Waals surface area contributed by atoms with E-state index in [0.29, 0.717) is 30.6 Å². The Morgan fingerprint density at radius 1 is 1.36 bits per heavy atom. The van der Waals surface area contributed by atoms with Gasteiger partial charge in [-0.1, -0.05) is 11.2 Å². The average molecular weight is 361 g/mol. The smallest absolute Gasteiger partial charge is 0.227 e. The summed E-state index contributed by atoms with van der Waals surface area (Å²) < 4.78 is 5.28. The molecule has 0 radical (unpaired) electrons. The molecular formula is C17H23N5O2S. The maximum atomic E-state index is 12.5. The molecule has 1 unspecified atom stereocenters. The van der Waals surface area contributed by atoms with E-state index < -0.39 is 0 Å². The van der Waals surface area contributed by atoms with Gasteiger partial charge in [-0.05, 0) is 17.9 Å². The van der Waals surface area contributed by atoms with E-state index in [-0.39, 0.29) is 5.91 Å². The quantitative estimate of drug-likeness (QED) is 0.864. The van der Waals surface area contributed by atoms with Gasteiger partial charge in [0, 0.05) is 58.2 Å². The van der Waals surface area contributed by atoms with Crippen molar-refractivity contribution < 1.29 is 9.32 Å². The van der Waals surface area contributed by atoms with E-state index in [4.69, 9.17) is 4.52 Å². The first-order valence-electron chi connectivity index (χ1n) is 8.88. The van der Waals surface area contributed by atoms with Crippen LogP contribution in [0.15, 0.2) is 22.0 Å². The topological polar surface area (TPSA) is 74.5 Å². The van der Waals surface area contributed by atoms with Gasteiger partial charge < -0.3 is 14.7 Å². The van der Waals surface area contributed by atoms with Crippen molar-refractivity contribution in [3.63, 3.8) is 0 Å². The highest BCUT2D eigenvalue weighted by Gasteiger charge is 2.30. The van der Waals surface area contributed by atoms with Crippen LogP contribution in [0.25, 0.3) is 10.7 Å². The number of carbonyl (C=O) groups excluding carboxylic acids is 1. The molecule has 4 heterocycles. The van der Waals surface area contributed by atoms with Crippen molar-refractivity contribution in [2.75, 3.05) is 39.3 Å². The van der Waals surface area contributed by atoms with Gasteiger partial charge in [-0.3, -0.25) is 9.69 Å². The molecule has 4 rings (SSSR count). The predicted molar refractivity (Wildman–Crippen MR) is 95.4 cm³/mol. The van der Waals surface area contributed by atoms with E-state index in [9.17, 15) is 4.79 Å². The summed E-state index contributed by atoms with van der Waals surface area (Å²) in [6.45, 7) is 5.98. The van der Waals surface area contributed by atoms with Crippen LogP contribution in [-0.4, -0.2) is 71.2 Å². The van der Waals surface area contributed by atoms with Crippen LogP contribution in [0.2, 0.25) is 0 Å². The zero-order chi connectivity index (χ0) is 17.1. The van der Waals surface area contributed by atoms with Gasteiger partial charge in [0.1, 0.15) is 0 Å². The van der Waals surface area contributed by atoms with Crippen molar-refractivity contribution in [1.29, 1.82) is 0 Å². The molecule has 0 bridgehead atoms. The summed E-state index contributed by atoms with van der Waals surface area (Å²) in [5, 5.41) is 9.36. The standard InChI is InChI=1S/C17H23N5O2S/c23-16(22-8-5-13(12-22)21-9-6-18-7-10-21)4-3-15-19-17(20-24-15)14-2-1-11-25-14/h1-2,11,13,18H,3-10,12H2. The van der Waals surface area contributed by atoms with Gasteiger partial charge in [-0.15, -0.1) is 11.3 Å². The normalized spacial score (nSPS) is 21.8. The minimum absolute atomic E-state index is 0.188. The fourth-order valence-electron chi connectivity index (χ4n) is 3.55. The SMILES string of the molecule is O=C(CCc1nc(-c2cccs2)no1)N1CCC(N2CCNCC2)C1. The third-order valence-corrected chi connectivity index (χ3v) is 5.81. The Morgan fingerprint density at radius 2 is 2.24 bits per heavy atom. The summed E-state index contributed by atoms with van der Waals surface area (Å²) in [5.41, 5.74) is 0. The van der Waals surface area contributed by atoms with E-state index >= 15 is 0 Å². The first kappa shape index (κ1) is 16.7. The number of nitrogens with zero attached hydrogens (tertiary/aromatic N) is 4. The Hall–Kier alpha value is -1.77. The van der Waals surface area contributed by atoms with Crippen LogP contribution in [0, 0.1) is 0 Å². The lowest BCUT2D eigenvalue weighted by molar-refractivity contribution is -0.130. The Morgan fingerprint density at radius 3 is 3.04 bits per heavy atom. The molecule has 1 atom stereocenters. The highest BCUT2D eigenvalue weighted by atomic mass is 32.1. The second-order valence-corrected chi connectivity index (χ2v) is 7.50. The van der Waals surface area contributed by atoms with Crippen molar-refractivity contribution >= 4 is 17.2 Å². The molecule has 2 aliphatic rings. The summed E-state index contributed by atoms with van der Waals surface area (Å²) in [6.07, 6.45) is 2.02. The maximum Gasteiger partial charge on any atom is 0.227 e. The summed E-state index contributed by atoms with van der Waals surface area (Å²) >= 11 is 1.58. The number of carbonyl (C=O) groups is 1. The highest BCUT2D eigenvalue weighted by molar-refractivity contribution is 7.13. The van der Waals surface area contributed by atoms with Crippen molar-refractivity contribution in [2.24, 2.45) is 0 Å². The zero-order valence-corrected chi connectivity index (χ0v) is 15.0. The van der Waals surface area contributed by atoms with E-state index in [1.807, 2.05) is 22.4 Å². The Kier molecular flexibility index (Phi) is 5.09. The molecule has 134 valence electrons. The zero-order valence-electron chi connectivity index (χ0n) is 14.2. The van der Waals surface area contributed by atoms with Crippen LogP contribution in [0.5, 0.6) is 0 Å². The molecule has 0 saturated carbocycles. The first-order chi connectivity index (χ1) is 12.3. The van der Waals surface area contributed by atoms with Crippen LogP contribution < -0.4 is 5.32 Å². The molecule has 1 amide bonds. The molecule has 7 nitrogen and oxygen atoms in total. The van der Waals surface area contributed by atoms with Crippen LogP contribution >= 0.6 is 11.3 Å². The number of hydrogen-bond acceptors (Lipinski definition) is 7. The number of aromatic nitrogens is 2. The van der Waals surface area contributed by atoms with Crippen molar-refractivity contribution in [1.82, 2.24) is 25.3 Å². The van der Waals surface area contributed by atoms with Gasteiger partial charge in [-0.2, -0.15) is 4.98 Å². The number of rotatable bonds is 5. The van der Waals surface area contributed by atoms with Crippen LogP contribution in [0.3, 0.4) is 0 Å². The second kappa shape index (κ2) is 7.63. The van der Waals surface area contributed by atoms with E-state index in [1.54, 1.807) is 11.3 Å². The fourth-order valence-corrected chi connectivity index (χ4v) is 4.20. The molecule has 2 fully saturated rings. The summed E-state index contributed by atoms with van der Waals surface area (Å²) in [6, 6.07) is 4.44. The van der Waals surface area contributed by atoms with E-state index in [2.05, 4.69) is 20.4 Å². The van der Waals surface area contributed by atoms with Gasteiger partial charge in [0.2, 0.25) is 17.6 Å². The first-order valence-corrected chi connectivity index (χ1v) is 9.76. The number of amides is 1. The maximum absolute atomic E-state index is 12.5. The molecule has 2 aromatic heterocycles. The molecule has 0 aromatic carbocycles. The summed E-state index contributed by atoms with van der Waals surface area (Å²) in [4.78, 5) is 22.4. The van der Waals surface area contributed by atoms with Gasteiger partial charge in [0.25, 0.3) is 0 Å². The number of thiophene rings is 1. The number of hydrogen-bond donors (Lipinski definition) is 1. The summed E-state index contributed by atoms with van der Waals surface area (Å²) in [5.74, 6) is 1.33. The van der Waals surface area contributed by atoms with E-state index in [0.717, 1.165) is 50.6 Å². The molecular weight excluding hydrogens is 338 g/mol. The Bertz CT molecular complexity index is 696. The van der Waals surface area contributed by atoms with Crippen molar-refractivity contribution in [2.45, 2.75) is 25.3 Å².